The van der Waals surface area contributed by atoms with E-state index in [1.165, 1.54) is 0 Å². The van der Waals surface area contributed by atoms with Crippen LogP contribution in [0.4, 0.5) is 6.01 Å². The van der Waals surface area contributed by atoms with Gasteiger partial charge in [0.1, 0.15) is 0 Å². The second-order valence-corrected chi connectivity index (χ2v) is 5.32. The van der Waals surface area contributed by atoms with Gasteiger partial charge in [0, 0.05) is 5.02 Å². The fourth-order valence-electron chi connectivity index (χ4n) is 2.30. The Labute approximate surface area is 126 Å². The summed E-state index contributed by atoms with van der Waals surface area (Å²) in [5, 5.41) is 14.2. The Hall–Kier alpha value is -1.92. The average Bonchev–Trinajstić information content (AvgIpc) is 3.12. The number of benzene rings is 1. The van der Waals surface area contributed by atoms with Crippen molar-refractivity contribution in [2.75, 3.05) is 11.9 Å². The molecule has 1 aliphatic rings. The smallest absolute Gasteiger partial charge is 0.322 e. The van der Waals surface area contributed by atoms with E-state index < -0.39 is 0 Å². The zero-order chi connectivity index (χ0) is 14.7. The maximum Gasteiger partial charge on any atom is 0.322 e. The molecule has 1 aromatic carbocycles. The minimum Gasteiger partial charge on any atom is -0.406 e. The molecule has 7 heteroatoms. The van der Waals surface area contributed by atoms with Crippen LogP contribution in [-0.4, -0.2) is 22.6 Å². The molecule has 110 valence electrons. The van der Waals surface area contributed by atoms with Crippen molar-refractivity contribution in [2.45, 2.75) is 25.3 Å². The van der Waals surface area contributed by atoms with E-state index in [1.54, 1.807) is 6.07 Å². The van der Waals surface area contributed by atoms with Gasteiger partial charge in [0.05, 0.1) is 12.5 Å². The van der Waals surface area contributed by atoms with Gasteiger partial charge < -0.3 is 9.73 Å². The van der Waals surface area contributed by atoms with Crippen molar-refractivity contribution in [3.63, 3.8) is 0 Å². The zero-order valence-electron chi connectivity index (χ0n) is 11.3. The van der Waals surface area contributed by atoms with Crippen molar-refractivity contribution < 1.29 is 9.21 Å². The standard InChI is InChI=1S/C14H15ClN4O2/c15-10-5-2-1-4-9(10)8-12(20)17-14-19-18-13(21-14)11-6-3-7-16-11/h1-2,4-5,11,16H,3,6-8H2,(H,17,19,20). The van der Waals surface area contributed by atoms with Crippen LogP contribution >= 0.6 is 11.6 Å². The van der Waals surface area contributed by atoms with Gasteiger partial charge in [0.15, 0.2) is 0 Å². The van der Waals surface area contributed by atoms with Crippen molar-refractivity contribution in [3.05, 3.63) is 40.7 Å². The Bertz CT molecular complexity index is 637. The first kappa shape index (κ1) is 14.0. The monoisotopic (exact) mass is 306 g/mol. The normalized spacial score (nSPS) is 17.9. The quantitative estimate of drug-likeness (QED) is 0.906. The molecule has 0 saturated carbocycles. The van der Waals surface area contributed by atoms with Crippen molar-refractivity contribution in [2.24, 2.45) is 0 Å². The fraction of sp³-hybridized carbons (Fsp3) is 0.357. The predicted octanol–water partition coefficient (Wildman–Crippen LogP) is 2.33. The average molecular weight is 307 g/mol. The Morgan fingerprint density at radius 2 is 2.29 bits per heavy atom. The van der Waals surface area contributed by atoms with Crippen molar-refractivity contribution in [1.29, 1.82) is 0 Å². The second kappa shape index (κ2) is 6.24. The van der Waals surface area contributed by atoms with Crippen molar-refractivity contribution in [3.8, 4) is 0 Å². The van der Waals surface area contributed by atoms with Crippen molar-refractivity contribution in [1.82, 2.24) is 15.5 Å². The van der Waals surface area contributed by atoms with Gasteiger partial charge in [-0.3, -0.25) is 10.1 Å². The topological polar surface area (TPSA) is 80.0 Å². The van der Waals surface area contributed by atoms with E-state index in [1.807, 2.05) is 18.2 Å². The highest BCUT2D eigenvalue weighted by Crippen LogP contribution is 2.23. The van der Waals surface area contributed by atoms with Crippen molar-refractivity contribution >= 4 is 23.5 Å². The van der Waals surface area contributed by atoms with E-state index in [9.17, 15) is 4.79 Å². The number of rotatable bonds is 4. The molecule has 1 saturated heterocycles. The first-order chi connectivity index (χ1) is 10.2. The molecule has 1 amide bonds. The zero-order valence-corrected chi connectivity index (χ0v) is 12.1. The highest BCUT2D eigenvalue weighted by molar-refractivity contribution is 6.31. The summed E-state index contributed by atoms with van der Waals surface area (Å²) in [6.45, 7) is 0.946. The van der Waals surface area contributed by atoms with E-state index in [0.29, 0.717) is 10.9 Å². The van der Waals surface area contributed by atoms with E-state index in [0.717, 1.165) is 24.9 Å². The lowest BCUT2D eigenvalue weighted by Gasteiger charge is -2.04. The summed E-state index contributed by atoms with van der Waals surface area (Å²) < 4.78 is 5.46. The number of nitrogens with zero attached hydrogens (tertiary/aromatic N) is 2. The second-order valence-electron chi connectivity index (χ2n) is 4.91. The molecule has 1 atom stereocenters. The Kier molecular flexibility index (Phi) is 4.17. The van der Waals surface area contributed by atoms with Gasteiger partial charge in [0.25, 0.3) is 0 Å². The third kappa shape index (κ3) is 3.40. The van der Waals surface area contributed by atoms with Crippen LogP contribution in [0.25, 0.3) is 0 Å². The first-order valence-electron chi connectivity index (χ1n) is 6.82. The Balaban J connectivity index is 1.61. The fourth-order valence-corrected chi connectivity index (χ4v) is 2.50. The van der Waals surface area contributed by atoms with Gasteiger partial charge in [-0.1, -0.05) is 34.9 Å². The largest absolute Gasteiger partial charge is 0.406 e. The maximum atomic E-state index is 12.0. The van der Waals surface area contributed by atoms with E-state index in [-0.39, 0.29) is 24.4 Å². The number of halogens is 1. The Morgan fingerprint density at radius 1 is 1.43 bits per heavy atom. The molecule has 1 unspecified atom stereocenters. The number of aromatic nitrogens is 2. The third-order valence-corrected chi connectivity index (χ3v) is 3.72. The Morgan fingerprint density at radius 3 is 3.05 bits per heavy atom. The number of nitrogens with one attached hydrogen (secondary N) is 2. The summed E-state index contributed by atoms with van der Waals surface area (Å²) in [5.74, 6) is 0.276. The molecule has 1 fully saturated rings. The SMILES string of the molecule is O=C(Cc1ccccc1Cl)Nc1nnc(C2CCCN2)o1. The lowest BCUT2D eigenvalue weighted by molar-refractivity contribution is -0.115. The molecule has 0 bridgehead atoms. The number of amides is 1. The van der Waals surface area contributed by atoms with Gasteiger partial charge >= 0.3 is 6.01 Å². The molecule has 0 aliphatic carbocycles. The number of carbonyl (C=O) groups is 1. The molecular weight excluding hydrogens is 292 g/mol. The molecular formula is C14H15ClN4O2. The number of hydrogen-bond acceptors (Lipinski definition) is 5. The molecule has 2 N–H and O–H groups in total. The summed E-state index contributed by atoms with van der Waals surface area (Å²) in [5.41, 5.74) is 0.758. The van der Waals surface area contributed by atoms with E-state index >= 15 is 0 Å². The summed E-state index contributed by atoms with van der Waals surface area (Å²) in [6.07, 6.45) is 2.22. The van der Waals surface area contributed by atoms with Crippen LogP contribution in [0.3, 0.4) is 0 Å². The van der Waals surface area contributed by atoms with Crippen LogP contribution < -0.4 is 10.6 Å². The molecule has 0 spiro atoms. The number of hydrogen-bond donors (Lipinski definition) is 2. The molecule has 3 rings (SSSR count). The minimum atomic E-state index is -0.238. The van der Waals surface area contributed by atoms with E-state index in [2.05, 4.69) is 20.8 Å². The van der Waals surface area contributed by atoms with Crippen LogP contribution in [0.2, 0.25) is 5.02 Å². The first-order valence-corrected chi connectivity index (χ1v) is 7.20. The van der Waals surface area contributed by atoms with Crippen LogP contribution in [0.15, 0.2) is 28.7 Å². The van der Waals surface area contributed by atoms with Crippen LogP contribution in [0.1, 0.15) is 30.3 Å². The lowest BCUT2D eigenvalue weighted by Crippen LogP contribution is -2.15. The molecule has 21 heavy (non-hydrogen) atoms. The van der Waals surface area contributed by atoms with Crippen LogP contribution in [0.5, 0.6) is 0 Å². The molecule has 2 aromatic rings. The molecule has 1 aliphatic heterocycles. The molecule has 1 aromatic heterocycles. The van der Waals surface area contributed by atoms with Gasteiger partial charge in [-0.15, -0.1) is 5.10 Å². The van der Waals surface area contributed by atoms with Gasteiger partial charge in [-0.05, 0) is 31.0 Å². The number of carbonyl (C=O) groups excluding carboxylic acids is 1. The minimum absolute atomic E-state index is 0.0896. The molecule has 2 heterocycles. The molecule has 6 nitrogen and oxygen atoms in total. The van der Waals surface area contributed by atoms with Gasteiger partial charge in [0.2, 0.25) is 11.8 Å². The summed E-state index contributed by atoms with van der Waals surface area (Å²) in [6, 6.07) is 7.43. The highest BCUT2D eigenvalue weighted by Gasteiger charge is 2.22. The predicted molar refractivity (Wildman–Crippen MR) is 78.1 cm³/mol. The summed E-state index contributed by atoms with van der Waals surface area (Å²) >= 11 is 6.02. The van der Waals surface area contributed by atoms with Crippen LogP contribution in [0, 0.1) is 0 Å². The third-order valence-electron chi connectivity index (χ3n) is 3.35. The van der Waals surface area contributed by atoms with Gasteiger partial charge in [-0.2, -0.15) is 0 Å². The lowest BCUT2D eigenvalue weighted by atomic mass is 10.1. The van der Waals surface area contributed by atoms with Crippen LogP contribution in [-0.2, 0) is 11.2 Å². The van der Waals surface area contributed by atoms with E-state index in [4.69, 9.17) is 16.0 Å². The maximum absolute atomic E-state index is 12.0. The summed E-state index contributed by atoms with van der Waals surface area (Å²) in [7, 11) is 0. The molecule has 0 radical (unpaired) electrons. The number of anilines is 1. The highest BCUT2D eigenvalue weighted by atomic mass is 35.5. The van der Waals surface area contributed by atoms with Gasteiger partial charge in [-0.25, -0.2) is 0 Å². The summed E-state index contributed by atoms with van der Waals surface area (Å²) in [4.78, 5) is 12.0.